The maximum atomic E-state index is 12.6. The van der Waals surface area contributed by atoms with Crippen molar-refractivity contribution >= 4 is 12.5 Å². The fourth-order valence-corrected chi connectivity index (χ4v) is 0.818. The molecule has 1 rings (SSSR count). The Morgan fingerprint density at radius 3 is 3.18 bits per heavy atom. The highest BCUT2D eigenvalue weighted by Crippen LogP contribution is 2.16. The minimum atomic E-state index is -0.562. The Labute approximate surface area is 63.6 Å². The van der Waals surface area contributed by atoms with Crippen LogP contribution in [-0.4, -0.2) is 25.8 Å². The predicted molar refractivity (Wildman–Crippen MR) is 38.1 cm³/mol. The molecule has 60 valence electrons. The lowest BCUT2D eigenvalue weighted by Gasteiger charge is -2.13. The number of ether oxygens (including phenoxy) is 1. The molecule has 0 saturated carbocycles. The van der Waals surface area contributed by atoms with Gasteiger partial charge >= 0.3 is 0 Å². The maximum absolute atomic E-state index is 12.6. The first-order valence-corrected chi connectivity index (χ1v) is 3.17. The van der Waals surface area contributed by atoms with Crippen LogP contribution in [0.2, 0.25) is 0 Å². The molecule has 1 aliphatic heterocycles. The molecule has 0 spiro atoms. The summed E-state index contributed by atoms with van der Waals surface area (Å²) in [6.45, 7) is 0. The van der Waals surface area contributed by atoms with Crippen LogP contribution in [0.25, 0.3) is 0 Å². The number of hydrogen-bond acceptors (Lipinski definition) is 3. The molecule has 0 fully saturated rings. The Hall–Kier alpha value is -1.03. The minimum absolute atomic E-state index is 0.117. The average molecular weight is 157 g/mol. The van der Waals surface area contributed by atoms with Gasteiger partial charge in [-0.1, -0.05) is 0 Å². The second-order valence-corrected chi connectivity index (χ2v) is 2.16. The standard InChI is InChI=1S/C7H8FNO2/c1-11-7-2-5(4-10)6(8)3-9-7/h3-4,7H,2H2,1H3. The molecule has 0 saturated heterocycles. The second-order valence-electron chi connectivity index (χ2n) is 2.16. The number of hydrogen-bond donors (Lipinski definition) is 0. The van der Waals surface area contributed by atoms with Crippen LogP contribution in [0, 0.1) is 0 Å². The topological polar surface area (TPSA) is 38.7 Å². The number of aldehydes is 1. The fraction of sp³-hybridized carbons (Fsp3) is 0.429. The van der Waals surface area contributed by atoms with E-state index < -0.39 is 12.1 Å². The molecule has 0 N–H and O–H groups in total. The first kappa shape index (κ1) is 8.07. The summed E-state index contributed by atoms with van der Waals surface area (Å²) in [5.74, 6) is -0.562. The van der Waals surface area contributed by atoms with Gasteiger partial charge in [0.15, 0.2) is 6.23 Å². The highest BCUT2D eigenvalue weighted by atomic mass is 19.1. The van der Waals surface area contributed by atoms with E-state index >= 15 is 0 Å². The molecular formula is C7H8FNO2. The Balaban J connectivity index is 2.75. The van der Waals surface area contributed by atoms with Crippen molar-refractivity contribution in [2.24, 2.45) is 4.99 Å². The summed E-state index contributed by atoms with van der Waals surface area (Å²) >= 11 is 0. The summed E-state index contributed by atoms with van der Waals surface area (Å²) in [7, 11) is 1.47. The number of dihydropyridines is 1. The van der Waals surface area contributed by atoms with Crippen molar-refractivity contribution < 1.29 is 13.9 Å². The molecule has 0 aromatic carbocycles. The quantitative estimate of drug-likeness (QED) is 0.557. The molecule has 0 amide bonds. The summed E-state index contributed by atoms with van der Waals surface area (Å²) in [4.78, 5) is 13.9. The van der Waals surface area contributed by atoms with Gasteiger partial charge in [-0.25, -0.2) is 4.39 Å². The number of halogens is 1. The number of rotatable bonds is 2. The van der Waals surface area contributed by atoms with E-state index in [1.54, 1.807) is 0 Å². The SMILES string of the molecule is COC1CC(C=O)=C(F)C=N1. The van der Waals surface area contributed by atoms with Crippen molar-refractivity contribution in [3.8, 4) is 0 Å². The maximum Gasteiger partial charge on any atom is 0.152 e. The van der Waals surface area contributed by atoms with E-state index in [2.05, 4.69) is 4.99 Å². The zero-order valence-electron chi connectivity index (χ0n) is 6.08. The highest BCUT2D eigenvalue weighted by Gasteiger charge is 2.15. The van der Waals surface area contributed by atoms with E-state index in [0.717, 1.165) is 6.21 Å². The van der Waals surface area contributed by atoms with E-state index in [1.165, 1.54) is 7.11 Å². The van der Waals surface area contributed by atoms with Gasteiger partial charge in [-0.05, 0) is 0 Å². The van der Waals surface area contributed by atoms with Gasteiger partial charge in [-0.3, -0.25) is 9.79 Å². The molecule has 1 aliphatic rings. The molecule has 1 atom stereocenters. The molecular weight excluding hydrogens is 149 g/mol. The molecule has 0 bridgehead atoms. The molecule has 1 heterocycles. The Morgan fingerprint density at radius 1 is 1.91 bits per heavy atom. The van der Waals surface area contributed by atoms with Crippen LogP contribution in [0.1, 0.15) is 6.42 Å². The number of nitrogens with zero attached hydrogens (tertiary/aromatic N) is 1. The van der Waals surface area contributed by atoms with Crippen molar-refractivity contribution in [3.05, 3.63) is 11.4 Å². The van der Waals surface area contributed by atoms with E-state index in [9.17, 15) is 9.18 Å². The second kappa shape index (κ2) is 3.39. The van der Waals surface area contributed by atoms with Crippen LogP contribution in [0.5, 0.6) is 0 Å². The van der Waals surface area contributed by atoms with Crippen LogP contribution in [0.3, 0.4) is 0 Å². The van der Waals surface area contributed by atoms with Gasteiger partial charge in [0.05, 0.1) is 6.21 Å². The van der Waals surface area contributed by atoms with E-state index in [0.29, 0.717) is 6.29 Å². The van der Waals surface area contributed by atoms with Crippen LogP contribution >= 0.6 is 0 Å². The van der Waals surface area contributed by atoms with Crippen molar-refractivity contribution in [1.82, 2.24) is 0 Å². The number of aliphatic imine (C=N–C) groups is 1. The average Bonchev–Trinajstić information content (AvgIpc) is 2.05. The van der Waals surface area contributed by atoms with Gasteiger partial charge in [0, 0.05) is 19.1 Å². The molecule has 1 unspecified atom stereocenters. The van der Waals surface area contributed by atoms with E-state index in [-0.39, 0.29) is 12.0 Å². The van der Waals surface area contributed by atoms with Gasteiger partial charge < -0.3 is 4.74 Å². The van der Waals surface area contributed by atoms with Crippen molar-refractivity contribution in [2.45, 2.75) is 12.6 Å². The number of carbonyl (C=O) groups is 1. The van der Waals surface area contributed by atoms with Gasteiger partial charge in [0.1, 0.15) is 12.1 Å². The zero-order valence-corrected chi connectivity index (χ0v) is 6.08. The van der Waals surface area contributed by atoms with Gasteiger partial charge in [0.25, 0.3) is 0 Å². The summed E-state index contributed by atoms with van der Waals surface area (Å²) in [6, 6.07) is 0. The Morgan fingerprint density at radius 2 is 2.64 bits per heavy atom. The summed E-state index contributed by atoms with van der Waals surface area (Å²) in [6.07, 6.45) is 1.32. The van der Waals surface area contributed by atoms with Crippen molar-refractivity contribution in [1.29, 1.82) is 0 Å². The lowest BCUT2D eigenvalue weighted by Crippen LogP contribution is -2.14. The number of carbonyl (C=O) groups excluding carboxylic acids is 1. The normalized spacial score (nSPS) is 24.0. The first-order chi connectivity index (χ1) is 5.27. The largest absolute Gasteiger partial charge is 0.359 e. The smallest absolute Gasteiger partial charge is 0.152 e. The molecule has 11 heavy (non-hydrogen) atoms. The number of methoxy groups -OCH3 is 1. The fourth-order valence-electron chi connectivity index (χ4n) is 0.818. The summed E-state index contributed by atoms with van der Waals surface area (Å²) in [5.41, 5.74) is 0.117. The van der Waals surface area contributed by atoms with E-state index in [1.807, 2.05) is 0 Å². The van der Waals surface area contributed by atoms with Gasteiger partial charge in [-0.15, -0.1) is 0 Å². The van der Waals surface area contributed by atoms with Crippen LogP contribution in [0.15, 0.2) is 16.4 Å². The first-order valence-electron chi connectivity index (χ1n) is 3.17. The Bertz CT molecular complexity index is 222. The summed E-state index contributed by atoms with van der Waals surface area (Å²) < 4.78 is 17.4. The lowest BCUT2D eigenvalue weighted by atomic mass is 10.1. The minimum Gasteiger partial charge on any atom is -0.359 e. The monoisotopic (exact) mass is 157 g/mol. The van der Waals surface area contributed by atoms with E-state index in [4.69, 9.17) is 4.74 Å². The van der Waals surface area contributed by atoms with Gasteiger partial charge in [0.2, 0.25) is 0 Å². The third kappa shape index (κ3) is 1.71. The summed E-state index contributed by atoms with van der Waals surface area (Å²) in [5, 5.41) is 0. The molecule has 0 aliphatic carbocycles. The highest BCUT2D eigenvalue weighted by molar-refractivity contribution is 5.88. The zero-order chi connectivity index (χ0) is 8.27. The van der Waals surface area contributed by atoms with Gasteiger partial charge in [-0.2, -0.15) is 0 Å². The molecule has 0 aromatic rings. The molecule has 0 radical (unpaired) electrons. The van der Waals surface area contributed by atoms with Crippen molar-refractivity contribution in [2.75, 3.05) is 7.11 Å². The molecule has 4 heteroatoms. The van der Waals surface area contributed by atoms with Crippen LogP contribution in [-0.2, 0) is 9.53 Å². The van der Waals surface area contributed by atoms with Crippen LogP contribution in [0.4, 0.5) is 4.39 Å². The molecule has 0 aromatic heterocycles. The number of allylic oxidation sites excluding steroid dienone is 1. The Kier molecular flexibility index (Phi) is 2.48. The predicted octanol–water partition coefficient (Wildman–Crippen LogP) is 0.856. The third-order valence-electron chi connectivity index (χ3n) is 1.47. The van der Waals surface area contributed by atoms with Crippen LogP contribution < -0.4 is 0 Å². The lowest BCUT2D eigenvalue weighted by molar-refractivity contribution is -0.105. The van der Waals surface area contributed by atoms with Crippen molar-refractivity contribution in [3.63, 3.8) is 0 Å². The third-order valence-corrected chi connectivity index (χ3v) is 1.47. The molecule has 3 nitrogen and oxygen atoms in total.